The molecule has 7 heteroatoms. The topological polar surface area (TPSA) is 51.9 Å². The number of aromatic nitrogens is 3. The molecule has 170 valence electrons. The third-order valence-corrected chi connectivity index (χ3v) is 5.88. The first kappa shape index (κ1) is 21.6. The van der Waals surface area contributed by atoms with Gasteiger partial charge in [-0.05, 0) is 41.8 Å². The van der Waals surface area contributed by atoms with Crippen LogP contribution in [0.15, 0.2) is 73.3 Å². The van der Waals surface area contributed by atoms with Crippen LogP contribution in [0.3, 0.4) is 0 Å². The number of imidazole rings is 1. The van der Waals surface area contributed by atoms with Gasteiger partial charge in [0.1, 0.15) is 18.2 Å². The monoisotopic (exact) mass is 446 g/mol. The molecule has 1 atom stereocenters. The standard InChI is InChI=1S/C26H27FN4O2/c27-23-6-4-20(5-7-23)19-33-25-3-1-2-21(13-25)15-30-10-11-32-18-22(16-30)12-24-17-31-9-8-28-26(31)14-29-24/h1-9,13-14,17,22H,10-12,15-16,18-19H2/t22-/m1/s1. The average Bonchev–Trinajstić information content (AvgIpc) is 3.19. The largest absolute Gasteiger partial charge is 0.489 e. The summed E-state index contributed by atoms with van der Waals surface area (Å²) >= 11 is 0. The molecule has 1 fully saturated rings. The van der Waals surface area contributed by atoms with Crippen molar-refractivity contribution in [2.75, 3.05) is 26.3 Å². The molecule has 1 aliphatic heterocycles. The summed E-state index contributed by atoms with van der Waals surface area (Å²) in [4.78, 5) is 11.3. The molecule has 0 amide bonds. The van der Waals surface area contributed by atoms with Crippen LogP contribution in [-0.4, -0.2) is 45.6 Å². The Bertz CT molecular complexity index is 1190. The Morgan fingerprint density at radius 1 is 1.09 bits per heavy atom. The smallest absolute Gasteiger partial charge is 0.155 e. The van der Waals surface area contributed by atoms with E-state index < -0.39 is 0 Å². The summed E-state index contributed by atoms with van der Waals surface area (Å²) in [7, 11) is 0. The summed E-state index contributed by atoms with van der Waals surface area (Å²) < 4.78 is 26.9. The van der Waals surface area contributed by atoms with Crippen molar-refractivity contribution >= 4 is 5.65 Å². The van der Waals surface area contributed by atoms with Gasteiger partial charge in [-0.25, -0.2) is 9.37 Å². The van der Waals surface area contributed by atoms with E-state index in [1.165, 1.54) is 17.7 Å². The molecule has 6 nitrogen and oxygen atoms in total. The maximum absolute atomic E-state index is 13.1. The van der Waals surface area contributed by atoms with Crippen molar-refractivity contribution in [2.24, 2.45) is 5.92 Å². The lowest BCUT2D eigenvalue weighted by Gasteiger charge is -2.23. The number of ether oxygens (including phenoxy) is 2. The first-order valence-corrected chi connectivity index (χ1v) is 11.3. The predicted octanol–water partition coefficient (Wildman–Crippen LogP) is 4.14. The Morgan fingerprint density at radius 3 is 2.91 bits per heavy atom. The second-order valence-electron chi connectivity index (χ2n) is 8.51. The van der Waals surface area contributed by atoms with Crippen LogP contribution in [0.5, 0.6) is 5.75 Å². The zero-order valence-electron chi connectivity index (χ0n) is 18.4. The number of benzene rings is 2. The molecule has 0 bridgehead atoms. The van der Waals surface area contributed by atoms with Gasteiger partial charge in [0.05, 0.1) is 25.1 Å². The summed E-state index contributed by atoms with van der Waals surface area (Å²) in [5.41, 5.74) is 4.05. The summed E-state index contributed by atoms with van der Waals surface area (Å²) in [5.74, 6) is 0.953. The van der Waals surface area contributed by atoms with Gasteiger partial charge in [-0.3, -0.25) is 9.88 Å². The molecule has 2 aromatic heterocycles. The van der Waals surface area contributed by atoms with Crippen LogP contribution in [0.4, 0.5) is 4.39 Å². The van der Waals surface area contributed by atoms with Crippen molar-refractivity contribution in [3.8, 4) is 5.75 Å². The van der Waals surface area contributed by atoms with Crippen LogP contribution >= 0.6 is 0 Å². The van der Waals surface area contributed by atoms with Gasteiger partial charge >= 0.3 is 0 Å². The fourth-order valence-electron chi connectivity index (χ4n) is 4.23. The van der Waals surface area contributed by atoms with Crippen molar-refractivity contribution in [3.63, 3.8) is 0 Å². The maximum Gasteiger partial charge on any atom is 0.155 e. The lowest BCUT2D eigenvalue weighted by Crippen LogP contribution is -2.30. The molecule has 4 aromatic rings. The summed E-state index contributed by atoms with van der Waals surface area (Å²) in [6.45, 7) is 4.56. The van der Waals surface area contributed by atoms with E-state index in [9.17, 15) is 4.39 Å². The lowest BCUT2D eigenvalue weighted by atomic mass is 10.0. The van der Waals surface area contributed by atoms with Gasteiger partial charge in [-0.2, -0.15) is 0 Å². The minimum Gasteiger partial charge on any atom is -0.489 e. The van der Waals surface area contributed by atoms with Crippen molar-refractivity contribution < 1.29 is 13.9 Å². The molecule has 0 saturated carbocycles. The Kier molecular flexibility index (Phi) is 6.60. The van der Waals surface area contributed by atoms with Crippen molar-refractivity contribution in [1.82, 2.24) is 19.3 Å². The van der Waals surface area contributed by atoms with Crippen LogP contribution in [-0.2, 0) is 24.3 Å². The zero-order chi connectivity index (χ0) is 22.5. The van der Waals surface area contributed by atoms with Crippen LogP contribution < -0.4 is 4.74 Å². The first-order chi connectivity index (χ1) is 16.2. The zero-order valence-corrected chi connectivity index (χ0v) is 18.4. The fourth-order valence-corrected chi connectivity index (χ4v) is 4.23. The normalized spacial score (nSPS) is 17.2. The first-order valence-electron chi connectivity index (χ1n) is 11.3. The van der Waals surface area contributed by atoms with E-state index in [0.717, 1.165) is 61.9 Å². The molecule has 5 rings (SSSR count). The van der Waals surface area contributed by atoms with E-state index in [4.69, 9.17) is 9.47 Å². The second kappa shape index (κ2) is 10.1. The highest BCUT2D eigenvalue weighted by molar-refractivity contribution is 5.35. The molecule has 1 saturated heterocycles. The molecule has 0 unspecified atom stereocenters. The van der Waals surface area contributed by atoms with Gasteiger partial charge in [-0.15, -0.1) is 0 Å². The van der Waals surface area contributed by atoms with E-state index in [1.807, 2.05) is 28.9 Å². The fraction of sp³-hybridized carbons (Fsp3) is 0.308. The van der Waals surface area contributed by atoms with Gasteiger partial charge in [0.15, 0.2) is 5.65 Å². The number of rotatable bonds is 7. The van der Waals surface area contributed by atoms with E-state index in [2.05, 4.69) is 33.2 Å². The molecule has 0 N–H and O–H groups in total. The van der Waals surface area contributed by atoms with Crippen LogP contribution in [0.25, 0.3) is 5.65 Å². The summed E-state index contributed by atoms with van der Waals surface area (Å²) in [5, 5.41) is 0. The average molecular weight is 447 g/mol. The molecule has 33 heavy (non-hydrogen) atoms. The minimum absolute atomic E-state index is 0.237. The lowest BCUT2D eigenvalue weighted by molar-refractivity contribution is 0.121. The van der Waals surface area contributed by atoms with Gasteiger partial charge in [0.25, 0.3) is 0 Å². The Morgan fingerprint density at radius 2 is 2.00 bits per heavy atom. The minimum atomic E-state index is -0.237. The quantitative estimate of drug-likeness (QED) is 0.427. The number of nitrogens with zero attached hydrogens (tertiary/aromatic N) is 4. The number of hydrogen-bond donors (Lipinski definition) is 0. The number of hydrogen-bond acceptors (Lipinski definition) is 5. The number of fused-ring (bicyclic) bond motifs is 1. The highest BCUT2D eigenvalue weighted by Crippen LogP contribution is 2.19. The Hall–Kier alpha value is -3.29. The third-order valence-electron chi connectivity index (χ3n) is 5.88. The third kappa shape index (κ3) is 5.74. The van der Waals surface area contributed by atoms with E-state index >= 15 is 0 Å². The van der Waals surface area contributed by atoms with Gasteiger partial charge in [-0.1, -0.05) is 24.3 Å². The highest BCUT2D eigenvalue weighted by atomic mass is 19.1. The Balaban J connectivity index is 1.19. The SMILES string of the molecule is Fc1ccc(COc2cccc(CN3CCOC[C@H](Cc4cn5ccnc5cn4)C3)c2)cc1. The van der Waals surface area contributed by atoms with Crippen molar-refractivity contribution in [3.05, 3.63) is 96.0 Å². The van der Waals surface area contributed by atoms with E-state index in [0.29, 0.717) is 12.5 Å². The molecular weight excluding hydrogens is 419 g/mol. The second-order valence-corrected chi connectivity index (χ2v) is 8.51. The molecule has 0 spiro atoms. The molecule has 3 heterocycles. The van der Waals surface area contributed by atoms with Crippen LogP contribution in [0.1, 0.15) is 16.8 Å². The summed E-state index contributed by atoms with van der Waals surface area (Å²) in [6.07, 6.45) is 8.48. The summed E-state index contributed by atoms with van der Waals surface area (Å²) in [6, 6.07) is 14.6. The van der Waals surface area contributed by atoms with Crippen LogP contribution in [0.2, 0.25) is 0 Å². The maximum atomic E-state index is 13.1. The van der Waals surface area contributed by atoms with Gasteiger partial charge < -0.3 is 13.9 Å². The van der Waals surface area contributed by atoms with Gasteiger partial charge in [0.2, 0.25) is 0 Å². The molecule has 0 aliphatic carbocycles. The van der Waals surface area contributed by atoms with Crippen molar-refractivity contribution in [2.45, 2.75) is 19.6 Å². The van der Waals surface area contributed by atoms with Crippen molar-refractivity contribution in [1.29, 1.82) is 0 Å². The molecule has 2 aromatic carbocycles. The highest BCUT2D eigenvalue weighted by Gasteiger charge is 2.20. The molecular formula is C26H27FN4O2. The molecule has 0 radical (unpaired) electrons. The predicted molar refractivity (Wildman–Crippen MR) is 123 cm³/mol. The number of halogens is 1. The van der Waals surface area contributed by atoms with E-state index in [1.54, 1.807) is 18.3 Å². The molecule has 1 aliphatic rings. The Labute approximate surface area is 192 Å². The van der Waals surface area contributed by atoms with Gasteiger partial charge in [0, 0.05) is 44.1 Å². The van der Waals surface area contributed by atoms with E-state index in [-0.39, 0.29) is 5.82 Å². The van der Waals surface area contributed by atoms with Crippen LogP contribution in [0, 0.1) is 11.7 Å².